The van der Waals surface area contributed by atoms with Crippen LogP contribution in [0.3, 0.4) is 0 Å². The number of benzene rings is 1. The highest BCUT2D eigenvalue weighted by atomic mass is 16.2. The highest BCUT2D eigenvalue weighted by Gasteiger charge is 2.21. The summed E-state index contributed by atoms with van der Waals surface area (Å²) in [4.78, 5) is 12.1. The standard InChI is InChI=1S/C16H26N2O/c1-5-12-6-8-13(9-7-12)10-14(11-17)15(19)18-16(2,3)4/h6-9,14H,5,10-11,17H2,1-4H3,(H,18,19). The molecule has 0 aliphatic rings. The van der Waals surface area contributed by atoms with Crippen LogP contribution < -0.4 is 11.1 Å². The highest BCUT2D eigenvalue weighted by Crippen LogP contribution is 2.12. The first kappa shape index (κ1) is 15.7. The fraction of sp³-hybridized carbons (Fsp3) is 0.562. The van der Waals surface area contributed by atoms with Crippen LogP contribution in [0.25, 0.3) is 0 Å². The van der Waals surface area contributed by atoms with Crippen LogP contribution in [-0.4, -0.2) is 18.0 Å². The molecule has 1 aromatic carbocycles. The van der Waals surface area contributed by atoms with Gasteiger partial charge in [0.2, 0.25) is 5.91 Å². The maximum Gasteiger partial charge on any atom is 0.225 e. The molecule has 0 aromatic heterocycles. The van der Waals surface area contributed by atoms with Gasteiger partial charge in [0, 0.05) is 12.1 Å². The highest BCUT2D eigenvalue weighted by molar-refractivity contribution is 5.79. The van der Waals surface area contributed by atoms with E-state index in [1.807, 2.05) is 20.8 Å². The minimum atomic E-state index is -0.212. The zero-order valence-electron chi connectivity index (χ0n) is 12.5. The van der Waals surface area contributed by atoms with Crippen LogP contribution in [0.1, 0.15) is 38.8 Å². The largest absolute Gasteiger partial charge is 0.351 e. The minimum absolute atomic E-state index is 0.0366. The van der Waals surface area contributed by atoms with Crippen LogP contribution in [0.2, 0.25) is 0 Å². The normalized spacial score (nSPS) is 13.1. The van der Waals surface area contributed by atoms with E-state index in [0.717, 1.165) is 12.0 Å². The number of hydrogen-bond donors (Lipinski definition) is 2. The van der Waals surface area contributed by atoms with E-state index < -0.39 is 0 Å². The van der Waals surface area contributed by atoms with Gasteiger partial charge in [-0.05, 0) is 44.7 Å². The van der Waals surface area contributed by atoms with Crippen molar-refractivity contribution in [3.63, 3.8) is 0 Å². The monoisotopic (exact) mass is 262 g/mol. The van der Waals surface area contributed by atoms with Gasteiger partial charge in [0.15, 0.2) is 0 Å². The Kier molecular flexibility index (Phi) is 5.55. The fourth-order valence-electron chi connectivity index (χ4n) is 1.95. The topological polar surface area (TPSA) is 55.1 Å². The van der Waals surface area contributed by atoms with Crippen LogP contribution in [0.4, 0.5) is 0 Å². The van der Waals surface area contributed by atoms with Crippen LogP contribution >= 0.6 is 0 Å². The average Bonchev–Trinajstić information content (AvgIpc) is 2.34. The minimum Gasteiger partial charge on any atom is -0.351 e. The molecule has 0 saturated carbocycles. The summed E-state index contributed by atoms with van der Waals surface area (Å²) in [5.41, 5.74) is 8.00. The van der Waals surface area contributed by atoms with E-state index in [0.29, 0.717) is 13.0 Å². The van der Waals surface area contributed by atoms with Gasteiger partial charge in [-0.1, -0.05) is 31.2 Å². The predicted molar refractivity (Wildman–Crippen MR) is 80.0 cm³/mol. The number of carbonyl (C=O) groups excluding carboxylic acids is 1. The summed E-state index contributed by atoms with van der Waals surface area (Å²) in [6.45, 7) is 8.45. The summed E-state index contributed by atoms with van der Waals surface area (Å²) >= 11 is 0. The molecule has 1 atom stereocenters. The van der Waals surface area contributed by atoms with Crippen molar-refractivity contribution in [2.24, 2.45) is 11.7 Å². The van der Waals surface area contributed by atoms with Gasteiger partial charge in [-0.25, -0.2) is 0 Å². The maximum absolute atomic E-state index is 12.1. The van der Waals surface area contributed by atoms with Gasteiger partial charge in [-0.3, -0.25) is 4.79 Å². The third-order valence-corrected chi connectivity index (χ3v) is 3.07. The van der Waals surface area contributed by atoms with Gasteiger partial charge >= 0.3 is 0 Å². The Morgan fingerprint density at radius 3 is 2.16 bits per heavy atom. The molecule has 3 nitrogen and oxygen atoms in total. The molecule has 1 rings (SSSR count). The van der Waals surface area contributed by atoms with E-state index in [1.54, 1.807) is 0 Å². The van der Waals surface area contributed by atoms with E-state index >= 15 is 0 Å². The van der Waals surface area contributed by atoms with Crippen molar-refractivity contribution < 1.29 is 4.79 Å². The quantitative estimate of drug-likeness (QED) is 0.855. The first-order chi connectivity index (χ1) is 8.85. The molecule has 3 N–H and O–H groups in total. The molecule has 1 aromatic rings. The fourth-order valence-corrected chi connectivity index (χ4v) is 1.95. The summed E-state index contributed by atoms with van der Waals surface area (Å²) in [7, 11) is 0. The average molecular weight is 262 g/mol. The van der Waals surface area contributed by atoms with Gasteiger partial charge in [-0.15, -0.1) is 0 Å². The second-order valence-electron chi connectivity index (χ2n) is 6.05. The lowest BCUT2D eigenvalue weighted by Crippen LogP contribution is -2.46. The maximum atomic E-state index is 12.1. The Morgan fingerprint density at radius 2 is 1.74 bits per heavy atom. The Hall–Kier alpha value is -1.35. The van der Waals surface area contributed by atoms with Crippen LogP contribution in [0.15, 0.2) is 24.3 Å². The Labute approximate surface area is 116 Å². The Bertz CT molecular complexity index is 404. The second kappa shape index (κ2) is 6.71. The van der Waals surface area contributed by atoms with Gasteiger partial charge in [-0.2, -0.15) is 0 Å². The van der Waals surface area contributed by atoms with Gasteiger partial charge < -0.3 is 11.1 Å². The molecule has 0 fully saturated rings. The smallest absolute Gasteiger partial charge is 0.225 e. The second-order valence-corrected chi connectivity index (χ2v) is 6.05. The van der Waals surface area contributed by atoms with E-state index in [1.165, 1.54) is 5.56 Å². The molecule has 0 aliphatic heterocycles. The lowest BCUT2D eigenvalue weighted by atomic mass is 9.96. The molecule has 3 heteroatoms. The van der Waals surface area contributed by atoms with E-state index in [-0.39, 0.29) is 17.4 Å². The lowest BCUT2D eigenvalue weighted by Gasteiger charge is -2.24. The van der Waals surface area contributed by atoms with E-state index in [4.69, 9.17) is 5.73 Å². The first-order valence-electron chi connectivity index (χ1n) is 6.95. The molecule has 0 bridgehead atoms. The van der Waals surface area contributed by atoms with Crippen LogP contribution in [0.5, 0.6) is 0 Å². The van der Waals surface area contributed by atoms with Crippen molar-refractivity contribution in [1.29, 1.82) is 0 Å². The summed E-state index contributed by atoms with van der Waals surface area (Å²) < 4.78 is 0. The summed E-state index contributed by atoms with van der Waals surface area (Å²) in [5, 5.41) is 2.99. The number of carbonyl (C=O) groups is 1. The SMILES string of the molecule is CCc1ccc(CC(CN)C(=O)NC(C)(C)C)cc1. The Balaban J connectivity index is 2.67. The molecule has 0 radical (unpaired) electrons. The molecule has 0 spiro atoms. The number of amides is 1. The molecule has 19 heavy (non-hydrogen) atoms. The molecule has 0 aliphatic carbocycles. The molecule has 0 saturated heterocycles. The van der Waals surface area contributed by atoms with Crippen molar-refractivity contribution in [3.8, 4) is 0 Å². The molecule has 1 amide bonds. The van der Waals surface area contributed by atoms with Gasteiger partial charge in [0.25, 0.3) is 0 Å². The third-order valence-electron chi connectivity index (χ3n) is 3.07. The van der Waals surface area contributed by atoms with Crippen molar-refractivity contribution in [2.45, 2.75) is 46.1 Å². The van der Waals surface area contributed by atoms with Crippen LogP contribution in [-0.2, 0) is 17.6 Å². The van der Waals surface area contributed by atoms with Crippen LogP contribution in [0, 0.1) is 5.92 Å². The molecule has 106 valence electrons. The van der Waals surface area contributed by atoms with Crippen molar-refractivity contribution >= 4 is 5.91 Å². The van der Waals surface area contributed by atoms with E-state index in [2.05, 4.69) is 36.5 Å². The lowest BCUT2D eigenvalue weighted by molar-refractivity contribution is -0.126. The first-order valence-corrected chi connectivity index (χ1v) is 6.95. The van der Waals surface area contributed by atoms with E-state index in [9.17, 15) is 4.79 Å². The number of hydrogen-bond acceptors (Lipinski definition) is 2. The Morgan fingerprint density at radius 1 is 1.21 bits per heavy atom. The zero-order valence-corrected chi connectivity index (χ0v) is 12.5. The van der Waals surface area contributed by atoms with Crippen molar-refractivity contribution in [2.75, 3.05) is 6.54 Å². The zero-order chi connectivity index (χ0) is 14.5. The number of rotatable bonds is 5. The van der Waals surface area contributed by atoms with Gasteiger partial charge in [0.05, 0.1) is 5.92 Å². The summed E-state index contributed by atoms with van der Waals surface area (Å²) in [5.74, 6) is -0.124. The number of nitrogens with two attached hydrogens (primary N) is 1. The number of nitrogens with one attached hydrogen (secondary N) is 1. The molecular formula is C16H26N2O. The molecule has 1 unspecified atom stereocenters. The van der Waals surface area contributed by atoms with Crippen molar-refractivity contribution in [3.05, 3.63) is 35.4 Å². The predicted octanol–water partition coefficient (Wildman–Crippen LogP) is 2.28. The molecular weight excluding hydrogens is 236 g/mol. The van der Waals surface area contributed by atoms with Gasteiger partial charge in [0.1, 0.15) is 0 Å². The molecule has 0 heterocycles. The summed E-state index contributed by atoms with van der Waals surface area (Å²) in [6, 6.07) is 8.41. The summed E-state index contributed by atoms with van der Waals surface area (Å²) in [6.07, 6.45) is 1.73. The van der Waals surface area contributed by atoms with Crippen molar-refractivity contribution in [1.82, 2.24) is 5.32 Å². The number of aryl methyl sites for hydroxylation is 1. The third kappa shape index (κ3) is 5.43.